The summed E-state index contributed by atoms with van der Waals surface area (Å²) in [5, 5.41) is 0. The Hall–Kier alpha value is -2.36. The van der Waals surface area contributed by atoms with E-state index in [1.54, 1.807) is 30.9 Å². The minimum atomic E-state index is 0.675. The monoisotopic (exact) mass is 208 g/mol. The van der Waals surface area contributed by atoms with Gasteiger partial charge in [-0.05, 0) is 24.3 Å². The van der Waals surface area contributed by atoms with Gasteiger partial charge in [-0.2, -0.15) is 0 Å². The molecule has 3 aromatic rings. The van der Waals surface area contributed by atoms with Crippen LogP contribution in [0.25, 0.3) is 22.4 Å². The van der Waals surface area contributed by atoms with E-state index in [9.17, 15) is 0 Å². The van der Waals surface area contributed by atoms with Gasteiger partial charge < -0.3 is 0 Å². The van der Waals surface area contributed by atoms with E-state index < -0.39 is 0 Å². The van der Waals surface area contributed by atoms with E-state index >= 15 is 0 Å². The Bertz CT molecular complexity index is 617. The van der Waals surface area contributed by atoms with Crippen molar-refractivity contribution in [1.82, 2.24) is 19.9 Å². The summed E-state index contributed by atoms with van der Waals surface area (Å²) in [5.41, 5.74) is 2.59. The van der Waals surface area contributed by atoms with Gasteiger partial charge in [0.05, 0.1) is 11.0 Å². The molecule has 0 amide bonds. The lowest BCUT2D eigenvalue weighted by molar-refractivity contribution is 1.17. The van der Waals surface area contributed by atoms with Crippen molar-refractivity contribution >= 4 is 11.0 Å². The fourth-order valence-electron chi connectivity index (χ4n) is 1.60. The van der Waals surface area contributed by atoms with E-state index in [1.165, 1.54) is 0 Å². The van der Waals surface area contributed by atoms with Gasteiger partial charge in [-0.3, -0.25) is 9.97 Å². The van der Waals surface area contributed by atoms with Gasteiger partial charge in [0.15, 0.2) is 5.82 Å². The Morgan fingerprint density at radius 3 is 2.38 bits per heavy atom. The normalized spacial score (nSPS) is 10.5. The first-order chi connectivity index (χ1) is 7.95. The second-order valence-electron chi connectivity index (χ2n) is 3.30. The van der Waals surface area contributed by atoms with Crippen molar-refractivity contribution in [3.8, 4) is 11.4 Å². The Kier molecular flexibility index (Phi) is 2.04. The highest BCUT2D eigenvalue weighted by molar-refractivity contribution is 5.88. The Morgan fingerprint density at radius 2 is 1.50 bits per heavy atom. The predicted molar refractivity (Wildman–Crippen MR) is 60.6 cm³/mol. The van der Waals surface area contributed by atoms with Crippen molar-refractivity contribution in [2.24, 2.45) is 0 Å². The highest BCUT2D eigenvalue weighted by atomic mass is 14.9. The van der Waals surface area contributed by atoms with Gasteiger partial charge in [0.2, 0.25) is 0 Å². The van der Waals surface area contributed by atoms with E-state index in [2.05, 4.69) is 19.9 Å². The molecule has 0 saturated carbocycles. The molecule has 4 heteroatoms. The van der Waals surface area contributed by atoms with Crippen LogP contribution in [0.2, 0.25) is 0 Å². The molecular weight excluding hydrogens is 200 g/mol. The van der Waals surface area contributed by atoms with Crippen LogP contribution in [0.15, 0.2) is 49.1 Å². The van der Waals surface area contributed by atoms with Gasteiger partial charge >= 0.3 is 0 Å². The van der Waals surface area contributed by atoms with Crippen molar-refractivity contribution in [3.05, 3.63) is 49.1 Å². The van der Waals surface area contributed by atoms with E-state index in [-0.39, 0.29) is 0 Å². The fourth-order valence-corrected chi connectivity index (χ4v) is 1.60. The average Bonchev–Trinajstić information content (AvgIpc) is 2.39. The first kappa shape index (κ1) is 8.91. The van der Waals surface area contributed by atoms with Gasteiger partial charge in [-0.15, -0.1) is 0 Å². The van der Waals surface area contributed by atoms with E-state index in [1.807, 2.05) is 18.2 Å². The van der Waals surface area contributed by atoms with Crippen LogP contribution in [0.4, 0.5) is 0 Å². The summed E-state index contributed by atoms with van der Waals surface area (Å²) in [5.74, 6) is 0.675. The SMILES string of the molecule is c1cnc(-c2ccnc3cccnc23)nc1. The van der Waals surface area contributed by atoms with Crippen LogP contribution in [0.1, 0.15) is 0 Å². The van der Waals surface area contributed by atoms with Crippen LogP contribution in [0.5, 0.6) is 0 Å². The minimum absolute atomic E-state index is 0.675. The molecule has 76 valence electrons. The molecule has 16 heavy (non-hydrogen) atoms. The summed E-state index contributed by atoms with van der Waals surface area (Å²) < 4.78 is 0. The molecule has 0 aliphatic rings. The van der Waals surface area contributed by atoms with E-state index in [4.69, 9.17) is 0 Å². The molecule has 0 unspecified atom stereocenters. The minimum Gasteiger partial charge on any atom is -0.255 e. The second-order valence-corrected chi connectivity index (χ2v) is 3.30. The number of nitrogens with zero attached hydrogens (tertiary/aromatic N) is 4. The van der Waals surface area contributed by atoms with Crippen LogP contribution in [-0.4, -0.2) is 19.9 Å². The third-order valence-corrected chi connectivity index (χ3v) is 2.30. The lowest BCUT2D eigenvalue weighted by atomic mass is 10.2. The maximum Gasteiger partial charge on any atom is 0.161 e. The number of aromatic nitrogens is 4. The molecule has 0 aliphatic carbocycles. The summed E-state index contributed by atoms with van der Waals surface area (Å²) in [7, 11) is 0. The molecule has 4 nitrogen and oxygen atoms in total. The lowest BCUT2D eigenvalue weighted by Crippen LogP contribution is -1.91. The molecule has 0 fully saturated rings. The molecule has 0 N–H and O–H groups in total. The summed E-state index contributed by atoms with van der Waals surface area (Å²) in [6, 6.07) is 7.46. The zero-order valence-corrected chi connectivity index (χ0v) is 8.41. The molecule has 0 aliphatic heterocycles. The van der Waals surface area contributed by atoms with Crippen molar-refractivity contribution in [3.63, 3.8) is 0 Å². The van der Waals surface area contributed by atoms with Gasteiger partial charge in [0.1, 0.15) is 0 Å². The van der Waals surface area contributed by atoms with Crippen LogP contribution >= 0.6 is 0 Å². The molecule has 0 spiro atoms. The number of hydrogen-bond donors (Lipinski definition) is 0. The van der Waals surface area contributed by atoms with Crippen LogP contribution in [0.3, 0.4) is 0 Å². The number of fused-ring (bicyclic) bond motifs is 1. The lowest BCUT2D eigenvalue weighted by Gasteiger charge is -2.02. The Morgan fingerprint density at radius 1 is 0.688 bits per heavy atom. The smallest absolute Gasteiger partial charge is 0.161 e. The highest BCUT2D eigenvalue weighted by Gasteiger charge is 2.06. The first-order valence-electron chi connectivity index (χ1n) is 4.92. The topological polar surface area (TPSA) is 51.6 Å². The molecule has 0 aromatic carbocycles. The van der Waals surface area contributed by atoms with Crippen molar-refractivity contribution < 1.29 is 0 Å². The summed E-state index contributed by atoms with van der Waals surface area (Å²) >= 11 is 0. The van der Waals surface area contributed by atoms with Crippen molar-refractivity contribution in [2.75, 3.05) is 0 Å². The average molecular weight is 208 g/mol. The van der Waals surface area contributed by atoms with Crippen LogP contribution in [-0.2, 0) is 0 Å². The quantitative estimate of drug-likeness (QED) is 0.614. The van der Waals surface area contributed by atoms with Crippen LogP contribution < -0.4 is 0 Å². The van der Waals surface area contributed by atoms with Crippen molar-refractivity contribution in [2.45, 2.75) is 0 Å². The number of rotatable bonds is 1. The Labute approximate surface area is 92.0 Å². The zero-order chi connectivity index (χ0) is 10.8. The number of hydrogen-bond acceptors (Lipinski definition) is 4. The summed E-state index contributed by atoms with van der Waals surface area (Å²) in [6.45, 7) is 0. The molecule has 0 atom stereocenters. The molecule has 0 bridgehead atoms. The standard InChI is InChI=1S/C12H8N4/c1-3-10-11(14-5-1)9(4-8-13-10)12-15-6-2-7-16-12/h1-8H. The molecule has 3 heterocycles. The van der Waals surface area contributed by atoms with Gasteiger partial charge in [-0.25, -0.2) is 9.97 Å². The van der Waals surface area contributed by atoms with Gasteiger partial charge in [0.25, 0.3) is 0 Å². The number of pyridine rings is 2. The predicted octanol–water partition coefficient (Wildman–Crippen LogP) is 2.09. The molecular formula is C12H8N4. The highest BCUT2D eigenvalue weighted by Crippen LogP contribution is 2.21. The van der Waals surface area contributed by atoms with Gasteiger partial charge in [-0.1, -0.05) is 0 Å². The zero-order valence-electron chi connectivity index (χ0n) is 8.41. The van der Waals surface area contributed by atoms with Crippen molar-refractivity contribution in [1.29, 1.82) is 0 Å². The third kappa shape index (κ3) is 1.40. The maximum atomic E-state index is 4.32. The largest absolute Gasteiger partial charge is 0.255 e. The molecule has 0 radical (unpaired) electrons. The first-order valence-corrected chi connectivity index (χ1v) is 4.92. The summed E-state index contributed by atoms with van der Waals surface area (Å²) in [6.07, 6.45) is 6.93. The van der Waals surface area contributed by atoms with Gasteiger partial charge in [0, 0.05) is 30.4 Å². The van der Waals surface area contributed by atoms with E-state index in [0.29, 0.717) is 5.82 Å². The molecule has 0 saturated heterocycles. The third-order valence-electron chi connectivity index (χ3n) is 2.30. The Balaban J connectivity index is 2.32. The maximum absolute atomic E-state index is 4.32. The molecule has 3 rings (SSSR count). The fraction of sp³-hybridized carbons (Fsp3) is 0. The molecule has 3 aromatic heterocycles. The van der Waals surface area contributed by atoms with E-state index in [0.717, 1.165) is 16.6 Å². The summed E-state index contributed by atoms with van der Waals surface area (Å²) in [4.78, 5) is 17.0. The van der Waals surface area contributed by atoms with Crippen LogP contribution in [0, 0.1) is 0 Å². The second kappa shape index (κ2) is 3.66.